The smallest absolute Gasteiger partial charge is 0.333 e. The minimum Gasteiger partial charge on any atom is -0.462 e. The van der Waals surface area contributed by atoms with Crippen LogP contribution >= 0.6 is 27.5 Å². The zero-order valence-electron chi connectivity index (χ0n) is 14.5. The van der Waals surface area contributed by atoms with Crippen LogP contribution in [0.2, 0.25) is 0 Å². The zero-order valence-corrected chi connectivity index (χ0v) is 17.6. The van der Waals surface area contributed by atoms with Crippen LogP contribution in [0.5, 0.6) is 0 Å². The van der Waals surface area contributed by atoms with Crippen molar-refractivity contribution >= 4 is 53.0 Å². The second-order valence-corrected chi connectivity index (χ2v) is 11.2. The molecule has 0 aliphatic carbocycles. The van der Waals surface area contributed by atoms with Crippen molar-refractivity contribution in [3.63, 3.8) is 0 Å². The normalized spacial score (nSPS) is 14.1. The third-order valence-corrected chi connectivity index (χ3v) is 5.99. The highest BCUT2D eigenvalue weighted by atomic mass is 127. The average Bonchev–Trinajstić information content (AvgIpc) is 2.53. The lowest BCUT2D eigenvalue weighted by Gasteiger charge is -2.21. The van der Waals surface area contributed by atoms with Crippen LogP contribution in [-0.2, 0) is 33.3 Å². The molecule has 0 aliphatic rings. The van der Waals surface area contributed by atoms with E-state index < -0.39 is 35.3 Å². The summed E-state index contributed by atoms with van der Waals surface area (Å²) in [6.07, 6.45) is -0.948. The van der Waals surface area contributed by atoms with Crippen LogP contribution in [0.15, 0.2) is 12.2 Å². The van der Waals surface area contributed by atoms with Gasteiger partial charge >= 0.3 is 17.9 Å². The Hall–Kier alpha value is -0.705. The fourth-order valence-electron chi connectivity index (χ4n) is 1.48. The van der Waals surface area contributed by atoms with Gasteiger partial charge in [0.15, 0.2) is 6.29 Å². The predicted octanol–water partition coefficient (Wildman–Crippen LogP) is 0.686. The molecule has 0 aromatic carbocycles. The molecule has 0 aliphatic heterocycles. The van der Waals surface area contributed by atoms with E-state index in [1.54, 1.807) is 0 Å². The van der Waals surface area contributed by atoms with Crippen molar-refractivity contribution in [3.05, 3.63) is 12.2 Å². The summed E-state index contributed by atoms with van der Waals surface area (Å²) in [4.78, 5) is 35.2. The van der Waals surface area contributed by atoms with Gasteiger partial charge in [0, 0.05) is 5.57 Å². The van der Waals surface area contributed by atoms with Crippen LogP contribution in [0, 0.1) is 0 Å². The molecule has 0 saturated carbocycles. The van der Waals surface area contributed by atoms with Gasteiger partial charge in [0.1, 0.15) is 20.8 Å². The molecule has 0 aromatic heterocycles. The average molecular weight is 488 g/mol. The predicted molar refractivity (Wildman–Crippen MR) is 103 cm³/mol. The van der Waals surface area contributed by atoms with E-state index in [0.29, 0.717) is 0 Å². The van der Waals surface area contributed by atoms with E-state index in [2.05, 4.69) is 28.6 Å². The summed E-state index contributed by atoms with van der Waals surface area (Å²) in [6.45, 7) is 6.17. The van der Waals surface area contributed by atoms with E-state index in [1.807, 2.05) is 7.57 Å². The highest BCUT2D eigenvalue weighted by molar-refractivity contribution is 14.2. The number of esters is 3. The van der Waals surface area contributed by atoms with E-state index in [0.717, 1.165) is 0 Å². The topological polar surface area (TPSA) is 108 Å². The van der Waals surface area contributed by atoms with Crippen LogP contribution in [-0.4, -0.2) is 69.0 Å². The van der Waals surface area contributed by atoms with E-state index in [9.17, 15) is 14.4 Å². The minimum absolute atomic E-state index is 0.0508. The van der Waals surface area contributed by atoms with E-state index in [1.165, 1.54) is 13.8 Å². The van der Waals surface area contributed by atoms with Gasteiger partial charge < -0.3 is 24.1 Å². The third kappa shape index (κ3) is 11.5. The Morgan fingerprint density at radius 1 is 1.24 bits per heavy atom. The molecule has 8 nitrogen and oxygen atoms in total. The fraction of sp³-hybridized carbons (Fsp3) is 0.643. The van der Waals surface area contributed by atoms with E-state index >= 15 is 0 Å². The third-order valence-electron chi connectivity index (χ3n) is 2.72. The Labute approximate surface area is 162 Å². The summed E-state index contributed by atoms with van der Waals surface area (Å²) < 4.78 is 19.9. The van der Waals surface area contributed by atoms with Crippen molar-refractivity contribution < 1.29 is 38.4 Å². The first-order valence-electron chi connectivity index (χ1n) is 7.48. The summed E-state index contributed by atoms with van der Waals surface area (Å²) >= 11 is 2.09. The molecule has 0 saturated heterocycles. The number of aliphatic hydroxyl groups excluding tert-OH is 1. The lowest BCUT2D eigenvalue weighted by Crippen LogP contribution is -2.29. The molecular weight excluding hydrogens is 465 g/mol. The molecule has 3 unspecified atom stereocenters. The van der Waals surface area contributed by atoms with Crippen molar-refractivity contribution in [3.8, 4) is 0 Å². The highest BCUT2D eigenvalue weighted by Crippen LogP contribution is 2.47. The Balaban J connectivity index is 4.32. The van der Waals surface area contributed by atoms with Gasteiger partial charge in [-0.25, -0.2) is 4.79 Å². The molecule has 0 spiro atoms. The van der Waals surface area contributed by atoms with Crippen LogP contribution < -0.4 is 0 Å². The molecule has 25 heavy (non-hydrogen) atoms. The van der Waals surface area contributed by atoms with E-state index in [4.69, 9.17) is 24.1 Å². The summed E-state index contributed by atoms with van der Waals surface area (Å²) in [6, 6.07) is 0. The number of carbonyl (C=O) groups excluding carboxylic acids is 3. The van der Waals surface area contributed by atoms with E-state index in [-0.39, 0.29) is 38.4 Å². The maximum absolute atomic E-state index is 12.1. The molecule has 0 heterocycles. The molecule has 11 heteroatoms. The second-order valence-electron chi connectivity index (χ2n) is 4.98. The molecule has 142 valence electrons. The number of halogens is 1. The quantitative estimate of drug-likeness (QED) is 0.0626. The molecule has 0 amide bonds. The SMILES string of the molecule is BP(I)C(CC(=O)OCCOC(=O)C(=C)C)C(=O)OC(C)OCCO. The minimum atomic E-state index is -0.824. The lowest BCUT2D eigenvalue weighted by atomic mass is 10.3. The highest BCUT2D eigenvalue weighted by Gasteiger charge is 2.29. The van der Waals surface area contributed by atoms with Crippen LogP contribution in [0.1, 0.15) is 20.3 Å². The van der Waals surface area contributed by atoms with Gasteiger partial charge in [0.05, 0.1) is 25.3 Å². The standard InChI is InChI=1S/C14H23BIO8P/c1-9(2)13(19)23-7-6-22-12(18)8-11(25(15)16)14(20)24-10(3)21-5-4-17/h10-11,17H,1,4-8,15H2,2-3H3. The van der Waals surface area contributed by atoms with Gasteiger partial charge in [0.25, 0.3) is 0 Å². The Bertz CT molecular complexity index is 474. The molecule has 0 fully saturated rings. The number of carbonyl (C=O) groups is 3. The largest absolute Gasteiger partial charge is 0.462 e. The van der Waals surface area contributed by atoms with Gasteiger partial charge in [0.2, 0.25) is 0 Å². The molecule has 0 rings (SSSR count). The van der Waals surface area contributed by atoms with Crippen molar-refractivity contribution in [2.45, 2.75) is 32.2 Å². The van der Waals surface area contributed by atoms with Crippen molar-refractivity contribution in [2.24, 2.45) is 0 Å². The monoisotopic (exact) mass is 488 g/mol. The number of hydrogen-bond donors (Lipinski definition) is 1. The number of aliphatic hydroxyl groups is 1. The molecule has 3 atom stereocenters. The summed E-state index contributed by atoms with van der Waals surface area (Å²) in [5.74, 6) is -1.69. The van der Waals surface area contributed by atoms with Gasteiger partial charge in [-0.05, 0) is 13.8 Å². The van der Waals surface area contributed by atoms with Gasteiger partial charge in [-0.1, -0.05) is 34.1 Å². The maximum Gasteiger partial charge on any atom is 0.333 e. The maximum atomic E-state index is 12.1. The summed E-state index contributed by atoms with van der Waals surface area (Å²) in [5.41, 5.74) is -1.20. The van der Waals surface area contributed by atoms with Gasteiger partial charge in [-0.3, -0.25) is 9.59 Å². The van der Waals surface area contributed by atoms with Gasteiger partial charge in [-0.2, -0.15) is 0 Å². The molecule has 0 aromatic rings. The lowest BCUT2D eigenvalue weighted by molar-refractivity contribution is -0.176. The van der Waals surface area contributed by atoms with Crippen molar-refractivity contribution in [1.29, 1.82) is 0 Å². The molecule has 0 radical (unpaired) electrons. The second kappa shape index (κ2) is 13.5. The van der Waals surface area contributed by atoms with Crippen LogP contribution in [0.25, 0.3) is 0 Å². The molecular formula is C14H23BIO8P. The Kier molecular flexibility index (Phi) is 13.1. The first kappa shape index (κ1) is 24.3. The van der Waals surface area contributed by atoms with Crippen molar-refractivity contribution in [2.75, 3.05) is 26.4 Å². The molecule has 0 bridgehead atoms. The number of rotatable bonds is 12. The zero-order chi connectivity index (χ0) is 19.4. The fourth-order valence-corrected chi connectivity index (χ4v) is 3.50. The van der Waals surface area contributed by atoms with Crippen molar-refractivity contribution in [1.82, 2.24) is 0 Å². The van der Waals surface area contributed by atoms with Crippen LogP contribution in [0.4, 0.5) is 0 Å². The number of hydrogen-bond acceptors (Lipinski definition) is 8. The first-order chi connectivity index (χ1) is 11.7. The Morgan fingerprint density at radius 2 is 1.84 bits per heavy atom. The molecule has 1 N–H and O–H groups in total. The first-order valence-corrected chi connectivity index (χ1v) is 12.1. The van der Waals surface area contributed by atoms with Gasteiger partial charge in [-0.15, -0.1) is 0 Å². The number of ether oxygens (including phenoxy) is 4. The summed E-state index contributed by atoms with van der Waals surface area (Å²) in [7, 11) is 1.84. The van der Waals surface area contributed by atoms with Crippen LogP contribution in [0.3, 0.4) is 0 Å². The summed E-state index contributed by atoms with van der Waals surface area (Å²) in [5, 5.41) is 8.67. The Morgan fingerprint density at radius 3 is 2.36 bits per heavy atom.